The van der Waals surface area contributed by atoms with E-state index in [0.29, 0.717) is 9.88 Å². The molecule has 0 bridgehead atoms. The summed E-state index contributed by atoms with van der Waals surface area (Å²) in [4.78, 5) is 29.2. The molecule has 0 aliphatic heterocycles. The number of esters is 1. The number of rotatable bonds is 5. The van der Waals surface area contributed by atoms with E-state index in [1.165, 1.54) is 22.7 Å². The van der Waals surface area contributed by atoms with E-state index in [1.54, 1.807) is 12.3 Å². The van der Waals surface area contributed by atoms with E-state index < -0.39 is 24.3 Å². The molecule has 0 saturated carbocycles. The number of Topliss-reactive ketones (excluding diaryl/α,β-unsaturated/α-hetero) is 1. The van der Waals surface area contributed by atoms with Crippen LogP contribution < -0.4 is 0 Å². The van der Waals surface area contributed by atoms with Crippen molar-refractivity contribution in [1.82, 2.24) is 4.98 Å². The highest BCUT2D eigenvalue weighted by molar-refractivity contribution is 7.21. The molecule has 3 rings (SSSR count). The maximum Gasteiger partial charge on any atom is 0.349 e. The summed E-state index contributed by atoms with van der Waals surface area (Å²) in [6.07, 6.45) is 0. The number of aryl methyl sites for hydroxylation is 2. The standard InChI is InChI=1S/C18H14N2O3S2/c1-10-9-24-17(20-10)13(7-19)14(21)8-23-18(22)16-11(2)12-5-3-4-6-15(12)25-16/h3-6,9,13H,8H2,1-2H3/t13-/m1/s1. The zero-order chi connectivity index (χ0) is 18.0. The van der Waals surface area contributed by atoms with Crippen LogP contribution in [0.15, 0.2) is 29.6 Å². The maximum absolute atomic E-state index is 12.3. The zero-order valence-electron chi connectivity index (χ0n) is 13.6. The lowest BCUT2D eigenvalue weighted by molar-refractivity contribution is -0.122. The number of nitrogens with zero attached hydrogens (tertiary/aromatic N) is 2. The van der Waals surface area contributed by atoms with E-state index in [2.05, 4.69) is 4.98 Å². The molecule has 0 amide bonds. The predicted octanol–water partition coefficient (Wildman–Crippen LogP) is 4.01. The average Bonchev–Trinajstić information content (AvgIpc) is 3.18. The first-order chi connectivity index (χ1) is 12.0. The van der Waals surface area contributed by atoms with E-state index in [4.69, 9.17) is 4.74 Å². The van der Waals surface area contributed by atoms with E-state index in [-0.39, 0.29) is 0 Å². The number of thiophene rings is 1. The Hall–Kier alpha value is -2.56. The molecule has 1 aromatic carbocycles. The Kier molecular flexibility index (Phi) is 4.93. The van der Waals surface area contributed by atoms with Crippen LogP contribution in [0.2, 0.25) is 0 Å². The van der Waals surface area contributed by atoms with Crippen LogP contribution in [0.5, 0.6) is 0 Å². The molecule has 0 N–H and O–H groups in total. The largest absolute Gasteiger partial charge is 0.453 e. The summed E-state index contributed by atoms with van der Waals surface area (Å²) < 4.78 is 6.15. The molecule has 2 aromatic heterocycles. The van der Waals surface area contributed by atoms with Crippen molar-refractivity contribution in [3.05, 3.63) is 50.8 Å². The highest BCUT2D eigenvalue weighted by Gasteiger charge is 2.25. The molecule has 5 nitrogen and oxygen atoms in total. The summed E-state index contributed by atoms with van der Waals surface area (Å²) in [6, 6.07) is 9.64. The third kappa shape index (κ3) is 3.45. The van der Waals surface area contributed by atoms with Gasteiger partial charge in [0.2, 0.25) is 0 Å². The van der Waals surface area contributed by atoms with Crippen molar-refractivity contribution >= 4 is 44.5 Å². The number of hydrogen-bond acceptors (Lipinski definition) is 7. The number of carbonyl (C=O) groups is 2. The summed E-state index contributed by atoms with van der Waals surface area (Å²) in [7, 11) is 0. The van der Waals surface area contributed by atoms with Crippen molar-refractivity contribution < 1.29 is 14.3 Å². The van der Waals surface area contributed by atoms with Crippen LogP contribution in [-0.4, -0.2) is 23.3 Å². The van der Waals surface area contributed by atoms with E-state index in [9.17, 15) is 14.9 Å². The molecule has 25 heavy (non-hydrogen) atoms. The molecular weight excluding hydrogens is 356 g/mol. The van der Waals surface area contributed by atoms with Crippen molar-refractivity contribution in [3.8, 4) is 6.07 Å². The number of benzene rings is 1. The van der Waals surface area contributed by atoms with Crippen LogP contribution in [-0.2, 0) is 9.53 Å². The molecular formula is C18H14N2O3S2. The van der Waals surface area contributed by atoms with E-state index in [0.717, 1.165) is 21.3 Å². The fraction of sp³-hybridized carbons (Fsp3) is 0.222. The van der Waals surface area contributed by atoms with Crippen LogP contribution >= 0.6 is 22.7 Å². The summed E-state index contributed by atoms with van der Waals surface area (Å²) >= 11 is 2.59. The summed E-state index contributed by atoms with van der Waals surface area (Å²) in [5.41, 5.74) is 1.59. The first-order valence-electron chi connectivity index (χ1n) is 7.51. The van der Waals surface area contributed by atoms with Crippen LogP contribution in [0.4, 0.5) is 0 Å². The molecule has 0 aliphatic rings. The number of ether oxygens (including phenoxy) is 1. The molecule has 0 fully saturated rings. The minimum atomic E-state index is -1.00. The van der Waals surface area contributed by atoms with Crippen molar-refractivity contribution in [2.75, 3.05) is 6.61 Å². The summed E-state index contributed by atoms with van der Waals surface area (Å²) in [6.45, 7) is 3.21. The minimum absolute atomic E-state index is 0.430. The molecule has 3 aromatic rings. The van der Waals surface area contributed by atoms with E-state index >= 15 is 0 Å². The van der Waals surface area contributed by atoms with Crippen LogP contribution in [0.25, 0.3) is 10.1 Å². The first-order valence-corrected chi connectivity index (χ1v) is 9.20. The minimum Gasteiger partial charge on any atom is -0.453 e. The van der Waals surface area contributed by atoms with Gasteiger partial charge < -0.3 is 4.74 Å². The lowest BCUT2D eigenvalue weighted by Gasteiger charge is -2.06. The molecule has 0 unspecified atom stereocenters. The molecule has 0 saturated heterocycles. The van der Waals surface area contributed by atoms with Gasteiger partial charge in [-0.05, 0) is 30.9 Å². The zero-order valence-corrected chi connectivity index (χ0v) is 15.2. The van der Waals surface area contributed by atoms with Crippen molar-refractivity contribution in [2.45, 2.75) is 19.8 Å². The van der Waals surface area contributed by atoms with Crippen molar-refractivity contribution in [2.24, 2.45) is 0 Å². The van der Waals surface area contributed by atoms with Gasteiger partial charge in [-0.25, -0.2) is 9.78 Å². The number of aromatic nitrogens is 1. The van der Waals surface area contributed by atoms with Gasteiger partial charge in [0, 0.05) is 15.8 Å². The first kappa shape index (κ1) is 17.3. The van der Waals surface area contributed by atoms with Gasteiger partial charge in [0.15, 0.2) is 18.3 Å². The number of ketones is 1. The van der Waals surface area contributed by atoms with Gasteiger partial charge in [0.1, 0.15) is 9.88 Å². The molecule has 0 spiro atoms. The Labute approximate surface area is 152 Å². The van der Waals surface area contributed by atoms with Gasteiger partial charge in [-0.2, -0.15) is 5.26 Å². The lowest BCUT2D eigenvalue weighted by atomic mass is 10.1. The number of fused-ring (bicyclic) bond motifs is 1. The van der Waals surface area contributed by atoms with Crippen molar-refractivity contribution in [1.29, 1.82) is 5.26 Å². The van der Waals surface area contributed by atoms with Gasteiger partial charge >= 0.3 is 5.97 Å². The third-order valence-corrected chi connectivity index (χ3v) is 5.99. The second-order valence-electron chi connectivity index (χ2n) is 5.48. The number of nitriles is 1. The molecule has 2 heterocycles. The Bertz CT molecular complexity index is 997. The highest BCUT2D eigenvalue weighted by atomic mass is 32.1. The van der Waals surface area contributed by atoms with Gasteiger partial charge in [-0.3, -0.25) is 4.79 Å². The normalized spacial score (nSPS) is 11.9. The summed E-state index contributed by atoms with van der Waals surface area (Å²) in [5.74, 6) is -2.02. The second kappa shape index (κ2) is 7.13. The monoisotopic (exact) mass is 370 g/mol. The van der Waals surface area contributed by atoms with Crippen LogP contribution in [0, 0.1) is 25.2 Å². The van der Waals surface area contributed by atoms with Gasteiger partial charge in [0.25, 0.3) is 0 Å². The fourth-order valence-corrected chi connectivity index (χ4v) is 4.39. The molecule has 0 aliphatic carbocycles. The number of hydrogen-bond donors (Lipinski definition) is 0. The second-order valence-corrected chi connectivity index (χ2v) is 7.43. The van der Waals surface area contributed by atoms with E-state index in [1.807, 2.05) is 37.3 Å². The quantitative estimate of drug-likeness (QED) is 0.634. The summed E-state index contributed by atoms with van der Waals surface area (Å²) in [5, 5.41) is 12.4. The Morgan fingerprint density at radius 3 is 2.72 bits per heavy atom. The number of thiazole rings is 1. The fourth-order valence-electron chi connectivity index (χ4n) is 2.42. The van der Waals surface area contributed by atoms with Crippen molar-refractivity contribution in [3.63, 3.8) is 0 Å². The maximum atomic E-state index is 12.3. The lowest BCUT2D eigenvalue weighted by Crippen LogP contribution is -2.19. The molecule has 126 valence electrons. The Balaban J connectivity index is 1.71. The van der Waals surface area contributed by atoms with Gasteiger partial charge in [-0.15, -0.1) is 22.7 Å². The highest BCUT2D eigenvalue weighted by Crippen LogP contribution is 2.31. The Morgan fingerprint density at radius 2 is 2.08 bits per heavy atom. The van der Waals surface area contributed by atoms with Gasteiger partial charge in [-0.1, -0.05) is 18.2 Å². The molecule has 1 atom stereocenters. The predicted molar refractivity (Wildman–Crippen MR) is 97.1 cm³/mol. The molecule has 7 heteroatoms. The number of carbonyl (C=O) groups excluding carboxylic acids is 2. The van der Waals surface area contributed by atoms with Gasteiger partial charge in [0.05, 0.1) is 6.07 Å². The third-order valence-electron chi connectivity index (χ3n) is 3.71. The SMILES string of the molecule is Cc1csc([C@H](C#N)C(=O)COC(=O)c2sc3ccccc3c2C)n1. The Morgan fingerprint density at radius 1 is 1.32 bits per heavy atom. The van der Waals surface area contributed by atoms with Crippen LogP contribution in [0.3, 0.4) is 0 Å². The van der Waals surface area contributed by atoms with Crippen LogP contribution in [0.1, 0.15) is 31.9 Å². The molecule has 0 radical (unpaired) electrons. The smallest absolute Gasteiger partial charge is 0.349 e. The topological polar surface area (TPSA) is 80.0 Å². The average molecular weight is 370 g/mol.